The summed E-state index contributed by atoms with van der Waals surface area (Å²) in [6, 6.07) is 0. The Bertz CT molecular complexity index is 366. The molecule has 20 heavy (non-hydrogen) atoms. The number of unbranched alkanes of at least 4 members (excludes halogenated alkanes) is 2. The highest BCUT2D eigenvalue weighted by Gasteiger charge is 2.39. The van der Waals surface area contributed by atoms with E-state index in [1.54, 1.807) is 0 Å². The number of carbonyl (C=O) groups excluding carboxylic acids is 3. The number of rotatable bonds is 8. The zero-order valence-electron chi connectivity index (χ0n) is 12.8. The molecular formula is C15H26N2O3. The fraction of sp³-hybridized carbons (Fsp3) is 0.800. The predicted molar refractivity (Wildman–Crippen MR) is 76.8 cm³/mol. The van der Waals surface area contributed by atoms with E-state index in [0.29, 0.717) is 25.9 Å². The van der Waals surface area contributed by atoms with Crippen LogP contribution in [-0.4, -0.2) is 35.7 Å². The second kappa shape index (κ2) is 8.02. The number of hydrogen-bond donors (Lipinski definition) is 1. The molecule has 5 nitrogen and oxygen atoms in total. The summed E-state index contributed by atoms with van der Waals surface area (Å²) in [5.41, 5.74) is 0. The molecule has 1 heterocycles. The van der Waals surface area contributed by atoms with Gasteiger partial charge in [-0.15, -0.1) is 0 Å². The first kappa shape index (κ1) is 16.7. The number of amides is 3. The molecule has 1 N–H and O–H groups in total. The second-order valence-electron chi connectivity index (χ2n) is 5.70. The molecule has 0 radical (unpaired) electrons. The Morgan fingerprint density at radius 3 is 2.55 bits per heavy atom. The topological polar surface area (TPSA) is 66.5 Å². The van der Waals surface area contributed by atoms with Crippen LogP contribution in [0.5, 0.6) is 0 Å². The maximum absolute atomic E-state index is 12.1. The lowest BCUT2D eigenvalue weighted by Crippen LogP contribution is -2.32. The van der Waals surface area contributed by atoms with Crippen LogP contribution < -0.4 is 5.32 Å². The van der Waals surface area contributed by atoms with Gasteiger partial charge in [-0.2, -0.15) is 0 Å². The molecule has 1 saturated heterocycles. The van der Waals surface area contributed by atoms with E-state index in [-0.39, 0.29) is 29.6 Å². The van der Waals surface area contributed by atoms with Gasteiger partial charge < -0.3 is 5.32 Å². The first-order valence-electron chi connectivity index (χ1n) is 7.58. The van der Waals surface area contributed by atoms with Crippen LogP contribution in [0.1, 0.15) is 52.9 Å². The molecule has 1 rings (SSSR count). The molecule has 0 aliphatic carbocycles. The molecule has 1 fully saturated rings. The molecule has 0 saturated carbocycles. The Balaban J connectivity index is 2.24. The predicted octanol–water partition coefficient (Wildman–Crippen LogP) is 1.71. The molecule has 1 unspecified atom stereocenters. The Morgan fingerprint density at radius 1 is 1.30 bits per heavy atom. The summed E-state index contributed by atoms with van der Waals surface area (Å²) in [5.74, 6) is 0.0823. The van der Waals surface area contributed by atoms with Gasteiger partial charge in [0.15, 0.2) is 0 Å². The van der Waals surface area contributed by atoms with Crippen molar-refractivity contribution < 1.29 is 14.4 Å². The largest absolute Gasteiger partial charge is 0.356 e. The van der Waals surface area contributed by atoms with Gasteiger partial charge in [0, 0.05) is 31.8 Å². The lowest BCUT2D eigenvalue weighted by Gasteiger charge is -2.16. The number of imide groups is 1. The van der Waals surface area contributed by atoms with Crippen molar-refractivity contribution in [3.63, 3.8) is 0 Å². The van der Waals surface area contributed by atoms with Gasteiger partial charge in [0.1, 0.15) is 0 Å². The van der Waals surface area contributed by atoms with Crippen LogP contribution in [0, 0.1) is 11.8 Å². The van der Waals surface area contributed by atoms with Crippen molar-refractivity contribution in [1.82, 2.24) is 10.2 Å². The van der Waals surface area contributed by atoms with E-state index >= 15 is 0 Å². The Morgan fingerprint density at radius 2 is 2.00 bits per heavy atom. The summed E-state index contributed by atoms with van der Waals surface area (Å²) in [6.07, 6.45) is 3.32. The van der Waals surface area contributed by atoms with Crippen molar-refractivity contribution >= 4 is 17.7 Å². The molecule has 5 heteroatoms. The fourth-order valence-electron chi connectivity index (χ4n) is 2.48. The van der Waals surface area contributed by atoms with E-state index < -0.39 is 0 Å². The highest BCUT2D eigenvalue weighted by atomic mass is 16.2. The summed E-state index contributed by atoms with van der Waals surface area (Å²) in [7, 11) is 0. The number of nitrogens with one attached hydrogen (secondary N) is 1. The molecule has 1 aliphatic rings. The van der Waals surface area contributed by atoms with E-state index in [9.17, 15) is 14.4 Å². The molecule has 0 aromatic heterocycles. The average Bonchev–Trinajstić information content (AvgIpc) is 2.66. The van der Waals surface area contributed by atoms with Crippen molar-refractivity contribution in [1.29, 1.82) is 0 Å². The first-order valence-corrected chi connectivity index (χ1v) is 7.58. The zero-order chi connectivity index (χ0) is 15.1. The van der Waals surface area contributed by atoms with Crippen LogP contribution in [-0.2, 0) is 14.4 Å². The molecular weight excluding hydrogens is 256 g/mol. The third kappa shape index (κ3) is 4.62. The van der Waals surface area contributed by atoms with Crippen molar-refractivity contribution in [3.05, 3.63) is 0 Å². The summed E-state index contributed by atoms with van der Waals surface area (Å²) in [5, 5.41) is 2.75. The van der Waals surface area contributed by atoms with E-state index in [1.165, 1.54) is 4.90 Å². The quantitative estimate of drug-likeness (QED) is 0.544. The van der Waals surface area contributed by atoms with E-state index in [2.05, 4.69) is 5.32 Å². The van der Waals surface area contributed by atoms with Crippen LogP contribution in [0.2, 0.25) is 0 Å². The molecule has 0 spiro atoms. The maximum atomic E-state index is 12.1. The summed E-state index contributed by atoms with van der Waals surface area (Å²) in [4.78, 5) is 36.5. The minimum absolute atomic E-state index is 0.0197. The smallest absolute Gasteiger partial charge is 0.233 e. The van der Waals surface area contributed by atoms with Gasteiger partial charge in [-0.3, -0.25) is 19.3 Å². The lowest BCUT2D eigenvalue weighted by atomic mass is 9.94. The van der Waals surface area contributed by atoms with Crippen molar-refractivity contribution in [3.8, 4) is 0 Å². The minimum Gasteiger partial charge on any atom is -0.356 e. The van der Waals surface area contributed by atoms with Crippen molar-refractivity contribution in [2.24, 2.45) is 11.8 Å². The molecule has 0 bridgehead atoms. The summed E-state index contributed by atoms with van der Waals surface area (Å²) < 4.78 is 0. The maximum Gasteiger partial charge on any atom is 0.233 e. The van der Waals surface area contributed by atoms with Crippen molar-refractivity contribution in [2.75, 3.05) is 13.1 Å². The number of hydrogen-bond acceptors (Lipinski definition) is 3. The standard InChI is InChI=1S/C15H26N2O3/c1-4-16-13(18)8-6-5-7-9-17-14(19)10-12(11(2)3)15(17)20/h11-12H,4-10H2,1-3H3,(H,16,18). The number of carbonyl (C=O) groups is 3. The van der Waals surface area contributed by atoms with Crippen LogP contribution >= 0.6 is 0 Å². The Labute approximate surface area is 121 Å². The molecule has 1 atom stereocenters. The first-order chi connectivity index (χ1) is 9.47. The molecule has 0 aromatic carbocycles. The number of nitrogens with zero attached hydrogens (tertiary/aromatic N) is 1. The second-order valence-corrected chi connectivity index (χ2v) is 5.70. The third-order valence-corrected chi connectivity index (χ3v) is 3.74. The zero-order valence-corrected chi connectivity index (χ0v) is 12.8. The minimum atomic E-state index is -0.141. The van der Waals surface area contributed by atoms with Crippen LogP contribution in [0.15, 0.2) is 0 Å². The molecule has 1 aliphatic heterocycles. The van der Waals surface area contributed by atoms with Crippen LogP contribution in [0.4, 0.5) is 0 Å². The third-order valence-electron chi connectivity index (χ3n) is 3.74. The average molecular weight is 282 g/mol. The molecule has 114 valence electrons. The normalized spacial score (nSPS) is 19.0. The lowest BCUT2D eigenvalue weighted by molar-refractivity contribution is -0.139. The summed E-state index contributed by atoms with van der Waals surface area (Å²) >= 11 is 0. The Hall–Kier alpha value is -1.39. The van der Waals surface area contributed by atoms with Gasteiger partial charge in [-0.25, -0.2) is 0 Å². The van der Waals surface area contributed by atoms with Gasteiger partial charge in [-0.1, -0.05) is 20.3 Å². The summed E-state index contributed by atoms with van der Waals surface area (Å²) in [6.45, 7) is 7.01. The molecule has 3 amide bonds. The van der Waals surface area contributed by atoms with E-state index in [0.717, 1.165) is 19.3 Å². The SMILES string of the molecule is CCNC(=O)CCCCCN1C(=O)CC(C(C)C)C1=O. The Kier molecular flexibility index (Phi) is 6.68. The van der Waals surface area contributed by atoms with E-state index in [1.807, 2.05) is 20.8 Å². The number of likely N-dealkylation sites (tertiary alicyclic amines) is 1. The monoisotopic (exact) mass is 282 g/mol. The highest BCUT2D eigenvalue weighted by Crippen LogP contribution is 2.26. The highest BCUT2D eigenvalue weighted by molar-refractivity contribution is 6.03. The van der Waals surface area contributed by atoms with Crippen LogP contribution in [0.3, 0.4) is 0 Å². The van der Waals surface area contributed by atoms with Gasteiger partial charge in [0.25, 0.3) is 0 Å². The van der Waals surface area contributed by atoms with Gasteiger partial charge >= 0.3 is 0 Å². The van der Waals surface area contributed by atoms with Gasteiger partial charge in [0.05, 0.1) is 0 Å². The van der Waals surface area contributed by atoms with Crippen LogP contribution in [0.25, 0.3) is 0 Å². The van der Waals surface area contributed by atoms with Gasteiger partial charge in [0.2, 0.25) is 17.7 Å². The fourth-order valence-corrected chi connectivity index (χ4v) is 2.48. The van der Waals surface area contributed by atoms with Gasteiger partial charge in [-0.05, 0) is 25.7 Å². The van der Waals surface area contributed by atoms with Crippen molar-refractivity contribution in [2.45, 2.75) is 52.9 Å². The van der Waals surface area contributed by atoms with E-state index in [4.69, 9.17) is 0 Å². The molecule has 0 aromatic rings.